The van der Waals surface area contributed by atoms with Gasteiger partial charge in [-0.15, -0.1) is 0 Å². The summed E-state index contributed by atoms with van der Waals surface area (Å²) in [6, 6.07) is 0. The zero-order valence-electron chi connectivity index (χ0n) is 13.8. The lowest BCUT2D eigenvalue weighted by Gasteiger charge is -2.22. The maximum atomic E-state index is 12.0. The first kappa shape index (κ1) is 17.4. The number of rotatable bonds is 3. The Balaban J connectivity index is 2.20. The van der Waals surface area contributed by atoms with E-state index in [1.807, 2.05) is 0 Å². The number of carbonyl (C=O) groups is 1. The summed E-state index contributed by atoms with van der Waals surface area (Å²) in [5.41, 5.74) is 5.05. The fourth-order valence-electron chi connectivity index (χ4n) is 2.26. The van der Waals surface area contributed by atoms with E-state index in [1.54, 1.807) is 33.9 Å². The van der Waals surface area contributed by atoms with E-state index >= 15 is 0 Å². The van der Waals surface area contributed by atoms with Crippen LogP contribution in [0, 0.1) is 12.3 Å². The van der Waals surface area contributed by atoms with Crippen molar-refractivity contribution in [2.24, 2.45) is 5.41 Å². The molecule has 3 N–H and O–H groups in total. The molecule has 0 saturated carbocycles. The number of hydrogen-bond donors (Lipinski definition) is 2. The summed E-state index contributed by atoms with van der Waals surface area (Å²) in [7, 11) is 0. The third-order valence-electron chi connectivity index (χ3n) is 3.72. The van der Waals surface area contributed by atoms with Crippen LogP contribution in [0.15, 0.2) is 11.0 Å². The molecule has 1 aliphatic rings. The number of hydrogen-bond acceptors (Lipinski definition) is 7. The maximum absolute atomic E-state index is 12.0. The van der Waals surface area contributed by atoms with Crippen LogP contribution in [-0.2, 0) is 14.3 Å². The second kappa shape index (κ2) is 6.29. The monoisotopic (exact) mass is 325 g/mol. The molecule has 1 saturated heterocycles. The van der Waals surface area contributed by atoms with Gasteiger partial charge in [0.25, 0.3) is 0 Å². The lowest BCUT2D eigenvalue weighted by molar-refractivity contribution is -0.162. The van der Waals surface area contributed by atoms with E-state index < -0.39 is 29.5 Å². The highest BCUT2D eigenvalue weighted by Gasteiger charge is 2.40. The minimum Gasteiger partial charge on any atom is -0.459 e. The van der Waals surface area contributed by atoms with E-state index in [0.29, 0.717) is 5.56 Å². The molecular formula is C15H23N3O5. The van der Waals surface area contributed by atoms with Gasteiger partial charge in [-0.05, 0) is 27.7 Å². The van der Waals surface area contributed by atoms with Crippen LogP contribution in [0.2, 0.25) is 0 Å². The highest BCUT2D eigenvalue weighted by Crippen LogP contribution is 2.31. The summed E-state index contributed by atoms with van der Waals surface area (Å²) in [6.07, 6.45) is -0.155. The van der Waals surface area contributed by atoms with Crippen LogP contribution in [0.3, 0.4) is 0 Å². The van der Waals surface area contributed by atoms with Crippen LogP contribution in [0.4, 0.5) is 5.82 Å². The van der Waals surface area contributed by atoms with Crippen molar-refractivity contribution in [3.63, 3.8) is 0 Å². The molecule has 1 aromatic heterocycles. The summed E-state index contributed by atoms with van der Waals surface area (Å²) < 4.78 is 12.4. The Kier molecular flexibility index (Phi) is 4.76. The molecule has 2 heterocycles. The van der Waals surface area contributed by atoms with E-state index in [4.69, 9.17) is 15.2 Å². The van der Waals surface area contributed by atoms with Crippen LogP contribution >= 0.6 is 0 Å². The average Bonchev–Trinajstić information content (AvgIpc) is 2.84. The van der Waals surface area contributed by atoms with Crippen LogP contribution < -0.4 is 11.4 Å². The first-order valence-corrected chi connectivity index (χ1v) is 7.46. The molecule has 8 heteroatoms. The SMILES string of the molecule is Cc1cn(C2C[C@H](OC(=O)C(C)(C)C)C(CO)O2)c(=O)nc1N. The van der Waals surface area contributed by atoms with Gasteiger partial charge in [0.2, 0.25) is 0 Å². The number of nitrogens with zero attached hydrogens (tertiary/aromatic N) is 2. The topological polar surface area (TPSA) is 117 Å². The summed E-state index contributed by atoms with van der Waals surface area (Å²) in [5, 5.41) is 9.45. The lowest BCUT2D eigenvalue weighted by atomic mass is 9.97. The van der Waals surface area contributed by atoms with Crippen molar-refractivity contribution in [3.05, 3.63) is 22.2 Å². The van der Waals surface area contributed by atoms with Gasteiger partial charge in [-0.25, -0.2) is 4.79 Å². The third-order valence-corrected chi connectivity index (χ3v) is 3.72. The third kappa shape index (κ3) is 3.70. The van der Waals surface area contributed by atoms with Crippen LogP contribution in [0.25, 0.3) is 0 Å². The number of ether oxygens (including phenoxy) is 2. The van der Waals surface area contributed by atoms with Crippen molar-refractivity contribution >= 4 is 11.8 Å². The Hall–Kier alpha value is -1.93. The van der Waals surface area contributed by atoms with Gasteiger partial charge in [0.1, 0.15) is 24.3 Å². The van der Waals surface area contributed by atoms with Crippen molar-refractivity contribution in [1.82, 2.24) is 9.55 Å². The predicted molar refractivity (Wildman–Crippen MR) is 82.6 cm³/mol. The zero-order chi connectivity index (χ0) is 17.4. The molecule has 128 valence electrons. The van der Waals surface area contributed by atoms with Crippen molar-refractivity contribution in [2.75, 3.05) is 12.3 Å². The molecule has 0 aliphatic carbocycles. The number of carbonyl (C=O) groups excluding carboxylic acids is 1. The Bertz CT molecular complexity index is 649. The molecule has 0 amide bonds. The van der Waals surface area contributed by atoms with Crippen LogP contribution in [0.1, 0.15) is 39.0 Å². The molecule has 2 rings (SSSR count). The van der Waals surface area contributed by atoms with E-state index in [0.717, 1.165) is 0 Å². The van der Waals surface area contributed by atoms with E-state index in [1.165, 1.54) is 4.57 Å². The van der Waals surface area contributed by atoms with Gasteiger partial charge in [0, 0.05) is 18.2 Å². The quantitative estimate of drug-likeness (QED) is 0.771. The normalized spacial score (nSPS) is 24.7. The van der Waals surface area contributed by atoms with Crippen molar-refractivity contribution in [3.8, 4) is 0 Å². The Morgan fingerprint density at radius 3 is 2.78 bits per heavy atom. The summed E-state index contributed by atoms with van der Waals surface area (Å²) in [6.45, 7) is 6.65. The van der Waals surface area contributed by atoms with Gasteiger partial charge in [0.15, 0.2) is 0 Å². The molecule has 0 radical (unpaired) electrons. The fraction of sp³-hybridized carbons (Fsp3) is 0.667. The first-order chi connectivity index (χ1) is 10.6. The number of aromatic nitrogens is 2. The number of nitrogens with two attached hydrogens (primary N) is 1. The molecule has 1 aliphatic heterocycles. The molecule has 3 atom stereocenters. The van der Waals surface area contributed by atoms with Crippen molar-refractivity contribution in [1.29, 1.82) is 0 Å². The second-order valence-corrected chi connectivity index (χ2v) is 6.74. The van der Waals surface area contributed by atoms with E-state index in [9.17, 15) is 14.7 Å². The Morgan fingerprint density at radius 1 is 1.57 bits per heavy atom. The maximum Gasteiger partial charge on any atom is 0.351 e. The predicted octanol–water partition coefficient (Wildman–Crippen LogP) is 0.372. The van der Waals surface area contributed by atoms with E-state index in [-0.39, 0.29) is 24.8 Å². The average molecular weight is 325 g/mol. The summed E-state index contributed by atoms with van der Waals surface area (Å²) >= 11 is 0. The molecule has 0 aromatic carbocycles. The number of esters is 1. The Labute approximate surface area is 134 Å². The van der Waals surface area contributed by atoms with E-state index in [2.05, 4.69) is 4.98 Å². The number of anilines is 1. The molecule has 2 unspecified atom stereocenters. The highest BCUT2D eigenvalue weighted by molar-refractivity contribution is 5.75. The van der Waals surface area contributed by atoms with Gasteiger partial charge in [-0.2, -0.15) is 4.98 Å². The molecular weight excluding hydrogens is 302 g/mol. The Morgan fingerprint density at radius 2 is 2.22 bits per heavy atom. The number of aliphatic hydroxyl groups excluding tert-OH is 1. The highest BCUT2D eigenvalue weighted by atomic mass is 16.6. The van der Waals surface area contributed by atoms with Gasteiger partial charge in [-0.1, -0.05) is 0 Å². The minimum atomic E-state index is -0.684. The summed E-state index contributed by atoms with van der Waals surface area (Å²) in [4.78, 5) is 27.7. The van der Waals surface area contributed by atoms with Crippen LogP contribution in [-0.4, -0.2) is 39.4 Å². The van der Waals surface area contributed by atoms with Gasteiger partial charge in [-0.3, -0.25) is 9.36 Å². The van der Waals surface area contributed by atoms with Gasteiger partial charge < -0.3 is 20.3 Å². The largest absolute Gasteiger partial charge is 0.459 e. The standard InChI is InChI=1S/C15H23N3O5/c1-8-6-18(14(21)17-12(8)16)11-5-9(10(7-19)22-11)23-13(20)15(2,3)4/h6,9-11,19H,5,7H2,1-4H3,(H2,16,17,21)/t9-,10?,11?/m0/s1. The molecule has 1 aromatic rings. The smallest absolute Gasteiger partial charge is 0.351 e. The molecule has 8 nitrogen and oxygen atoms in total. The van der Waals surface area contributed by atoms with Crippen LogP contribution in [0.5, 0.6) is 0 Å². The summed E-state index contributed by atoms with van der Waals surface area (Å²) in [5.74, 6) is -0.220. The first-order valence-electron chi connectivity index (χ1n) is 7.46. The zero-order valence-corrected chi connectivity index (χ0v) is 13.8. The van der Waals surface area contributed by atoms with Gasteiger partial charge in [0.05, 0.1) is 12.0 Å². The molecule has 1 fully saturated rings. The van der Waals surface area contributed by atoms with Crippen molar-refractivity contribution in [2.45, 2.75) is 52.6 Å². The molecule has 23 heavy (non-hydrogen) atoms. The molecule has 0 spiro atoms. The number of nitrogen functional groups attached to an aromatic ring is 1. The van der Waals surface area contributed by atoms with Gasteiger partial charge >= 0.3 is 11.7 Å². The fourth-order valence-corrected chi connectivity index (χ4v) is 2.26. The minimum absolute atomic E-state index is 0.165. The second-order valence-electron chi connectivity index (χ2n) is 6.74. The number of aryl methyl sites for hydroxylation is 1. The number of aliphatic hydroxyl groups is 1. The molecule has 0 bridgehead atoms. The lowest BCUT2D eigenvalue weighted by Crippen LogP contribution is -2.34. The van der Waals surface area contributed by atoms with Crippen molar-refractivity contribution < 1.29 is 19.4 Å².